The zero-order valence-electron chi connectivity index (χ0n) is 18.0. The average Bonchev–Trinajstić information content (AvgIpc) is 2.82. The summed E-state index contributed by atoms with van der Waals surface area (Å²) >= 11 is 0. The lowest BCUT2D eigenvalue weighted by Crippen LogP contribution is -2.17. The van der Waals surface area contributed by atoms with Gasteiger partial charge in [-0.25, -0.2) is 8.42 Å². The molecule has 0 aliphatic carbocycles. The highest BCUT2D eigenvalue weighted by atomic mass is 32.2. The van der Waals surface area contributed by atoms with E-state index in [1.807, 2.05) is 6.92 Å². The number of halogens is 3. The largest absolute Gasteiger partial charge is 0.573 e. The predicted molar refractivity (Wildman–Crippen MR) is 121 cm³/mol. The Labute approximate surface area is 194 Å². The van der Waals surface area contributed by atoms with Crippen molar-refractivity contribution in [3.05, 3.63) is 84.3 Å². The first-order valence-corrected chi connectivity index (χ1v) is 11.8. The standard InChI is InChI=1S/C24H20F3N3O3S/c1-2-16-3-6-19(7-4-16)34(31,32)22-15-29-21-8-5-18(33-24(25,26)27)13-20(21)23(22)30-14-17-9-11-28-12-10-17/h3-13,15H,2,14H2,1H3,(H,29,30). The zero-order valence-corrected chi connectivity index (χ0v) is 18.8. The van der Waals surface area contributed by atoms with Gasteiger partial charge in [-0.1, -0.05) is 19.1 Å². The number of nitrogens with zero attached hydrogens (tertiary/aromatic N) is 2. The number of hydrogen-bond donors (Lipinski definition) is 1. The number of aryl methyl sites for hydroxylation is 1. The molecule has 0 unspecified atom stereocenters. The molecule has 4 rings (SSSR count). The molecule has 0 radical (unpaired) electrons. The number of benzene rings is 2. The molecular formula is C24H20F3N3O3S. The molecule has 34 heavy (non-hydrogen) atoms. The lowest BCUT2D eigenvalue weighted by molar-refractivity contribution is -0.274. The third-order valence-corrected chi connectivity index (χ3v) is 6.97. The number of ether oxygens (including phenoxy) is 1. The molecule has 10 heteroatoms. The van der Waals surface area contributed by atoms with Gasteiger partial charge in [0.1, 0.15) is 10.6 Å². The number of rotatable bonds is 7. The summed E-state index contributed by atoms with van der Waals surface area (Å²) in [7, 11) is -4.04. The Morgan fingerprint density at radius 2 is 1.68 bits per heavy atom. The van der Waals surface area contributed by atoms with Crippen molar-refractivity contribution >= 4 is 26.4 Å². The van der Waals surface area contributed by atoms with E-state index in [0.29, 0.717) is 5.52 Å². The first-order valence-electron chi connectivity index (χ1n) is 10.3. The van der Waals surface area contributed by atoms with Gasteiger partial charge in [0.2, 0.25) is 9.84 Å². The summed E-state index contributed by atoms with van der Waals surface area (Å²) in [4.78, 5) is 8.05. The summed E-state index contributed by atoms with van der Waals surface area (Å²) in [6.45, 7) is 2.17. The lowest BCUT2D eigenvalue weighted by Gasteiger charge is -2.17. The van der Waals surface area contributed by atoms with Crippen molar-refractivity contribution < 1.29 is 26.3 Å². The summed E-state index contributed by atoms with van der Waals surface area (Å²) in [6.07, 6.45) is 0.243. The van der Waals surface area contributed by atoms with Crippen molar-refractivity contribution in [3.63, 3.8) is 0 Å². The maximum absolute atomic E-state index is 13.5. The van der Waals surface area contributed by atoms with Gasteiger partial charge < -0.3 is 10.1 Å². The molecule has 0 bridgehead atoms. The summed E-state index contributed by atoms with van der Waals surface area (Å²) in [5.41, 5.74) is 2.22. The van der Waals surface area contributed by atoms with Crippen LogP contribution in [0.2, 0.25) is 0 Å². The van der Waals surface area contributed by atoms with Crippen LogP contribution in [0.15, 0.2) is 83.0 Å². The fourth-order valence-electron chi connectivity index (χ4n) is 3.46. The molecule has 0 amide bonds. The van der Waals surface area contributed by atoms with Gasteiger partial charge in [-0.05, 0) is 60.0 Å². The summed E-state index contributed by atoms with van der Waals surface area (Å²) in [6, 6.07) is 13.6. The molecule has 1 N–H and O–H groups in total. The van der Waals surface area contributed by atoms with Crippen LogP contribution in [0.4, 0.5) is 18.9 Å². The first kappa shape index (κ1) is 23.5. The Balaban J connectivity index is 1.86. The van der Waals surface area contributed by atoms with Gasteiger partial charge in [-0.15, -0.1) is 13.2 Å². The van der Waals surface area contributed by atoms with Crippen LogP contribution < -0.4 is 10.1 Å². The van der Waals surface area contributed by atoms with Gasteiger partial charge >= 0.3 is 6.36 Å². The summed E-state index contributed by atoms with van der Waals surface area (Å²) in [5, 5.41) is 3.26. The zero-order chi connectivity index (χ0) is 24.3. The van der Waals surface area contributed by atoms with Crippen LogP contribution in [0.1, 0.15) is 18.1 Å². The molecule has 2 aromatic carbocycles. The van der Waals surface area contributed by atoms with Crippen molar-refractivity contribution in [2.24, 2.45) is 0 Å². The minimum Gasteiger partial charge on any atom is -0.406 e. The molecule has 0 saturated heterocycles. The van der Waals surface area contributed by atoms with E-state index in [2.05, 4.69) is 20.0 Å². The second kappa shape index (κ2) is 9.30. The van der Waals surface area contributed by atoms with Crippen LogP contribution in [0.3, 0.4) is 0 Å². The number of fused-ring (bicyclic) bond motifs is 1. The van der Waals surface area contributed by atoms with E-state index < -0.39 is 21.9 Å². The molecule has 2 aromatic heterocycles. The number of pyridine rings is 2. The number of sulfone groups is 1. The number of hydrogen-bond acceptors (Lipinski definition) is 6. The van der Waals surface area contributed by atoms with E-state index in [-0.39, 0.29) is 27.4 Å². The van der Waals surface area contributed by atoms with E-state index in [1.165, 1.54) is 24.4 Å². The Morgan fingerprint density at radius 1 is 0.971 bits per heavy atom. The Kier molecular flexibility index (Phi) is 6.43. The van der Waals surface area contributed by atoms with E-state index in [1.54, 1.807) is 36.7 Å². The minimum atomic E-state index is -4.89. The predicted octanol–water partition coefficient (Wildman–Crippen LogP) is 5.54. The van der Waals surface area contributed by atoms with Crippen molar-refractivity contribution in [1.82, 2.24) is 9.97 Å². The van der Waals surface area contributed by atoms with Gasteiger partial charge in [0, 0.05) is 30.5 Å². The molecular weight excluding hydrogens is 467 g/mol. The maximum atomic E-state index is 13.5. The van der Waals surface area contributed by atoms with Gasteiger partial charge in [-0.3, -0.25) is 9.97 Å². The topological polar surface area (TPSA) is 81.2 Å². The molecule has 4 aromatic rings. The Morgan fingerprint density at radius 3 is 2.32 bits per heavy atom. The highest BCUT2D eigenvalue weighted by molar-refractivity contribution is 7.91. The summed E-state index contributed by atoms with van der Waals surface area (Å²) < 4.78 is 69.5. The lowest BCUT2D eigenvalue weighted by atomic mass is 10.1. The van der Waals surface area contributed by atoms with Gasteiger partial charge in [0.25, 0.3) is 0 Å². The van der Waals surface area contributed by atoms with Crippen LogP contribution in [0.25, 0.3) is 10.9 Å². The van der Waals surface area contributed by atoms with Crippen molar-refractivity contribution in [1.29, 1.82) is 0 Å². The molecule has 0 aliphatic rings. The quantitative estimate of drug-likeness (QED) is 0.369. The van der Waals surface area contributed by atoms with Crippen molar-refractivity contribution in [2.75, 3.05) is 5.32 Å². The van der Waals surface area contributed by atoms with Crippen LogP contribution in [0, 0.1) is 0 Å². The van der Waals surface area contributed by atoms with Gasteiger partial charge in [-0.2, -0.15) is 0 Å². The second-order valence-corrected chi connectivity index (χ2v) is 9.35. The SMILES string of the molecule is CCc1ccc(S(=O)(=O)c2cnc3ccc(OC(F)(F)F)cc3c2NCc2ccncc2)cc1. The molecule has 0 saturated carbocycles. The monoisotopic (exact) mass is 487 g/mol. The molecule has 0 fully saturated rings. The summed E-state index contributed by atoms with van der Waals surface area (Å²) in [5.74, 6) is -0.476. The number of alkyl halides is 3. The van der Waals surface area contributed by atoms with E-state index in [0.717, 1.165) is 29.7 Å². The van der Waals surface area contributed by atoms with Gasteiger partial charge in [0.15, 0.2) is 0 Å². The molecule has 0 spiro atoms. The van der Waals surface area contributed by atoms with E-state index in [4.69, 9.17) is 0 Å². The minimum absolute atomic E-state index is 0.0560. The third kappa shape index (κ3) is 5.12. The smallest absolute Gasteiger partial charge is 0.406 e. The van der Waals surface area contributed by atoms with Crippen LogP contribution in [-0.4, -0.2) is 24.7 Å². The average molecular weight is 488 g/mol. The fourth-order valence-corrected chi connectivity index (χ4v) is 4.85. The fraction of sp³-hybridized carbons (Fsp3) is 0.167. The molecule has 0 aliphatic heterocycles. The van der Waals surface area contributed by atoms with Crippen molar-refractivity contribution in [3.8, 4) is 5.75 Å². The highest BCUT2D eigenvalue weighted by Crippen LogP contribution is 2.36. The van der Waals surface area contributed by atoms with Crippen LogP contribution >= 0.6 is 0 Å². The van der Waals surface area contributed by atoms with Crippen LogP contribution in [-0.2, 0) is 22.8 Å². The number of aromatic nitrogens is 2. The highest BCUT2D eigenvalue weighted by Gasteiger charge is 2.31. The van der Waals surface area contributed by atoms with Crippen LogP contribution in [0.5, 0.6) is 5.75 Å². The Hall–Kier alpha value is -3.66. The molecule has 176 valence electrons. The normalized spacial score (nSPS) is 12.0. The number of nitrogens with one attached hydrogen (secondary N) is 1. The van der Waals surface area contributed by atoms with E-state index in [9.17, 15) is 21.6 Å². The second-order valence-electron chi connectivity index (χ2n) is 7.43. The first-order chi connectivity index (χ1) is 16.2. The van der Waals surface area contributed by atoms with Crippen molar-refractivity contribution in [2.45, 2.75) is 36.0 Å². The van der Waals surface area contributed by atoms with Gasteiger partial charge in [0.05, 0.1) is 16.1 Å². The maximum Gasteiger partial charge on any atom is 0.573 e. The molecule has 0 atom stereocenters. The van der Waals surface area contributed by atoms with E-state index >= 15 is 0 Å². The molecule has 2 heterocycles. The third-order valence-electron chi connectivity index (χ3n) is 5.19. The molecule has 6 nitrogen and oxygen atoms in total. The number of anilines is 1. The Bertz CT molecular complexity index is 1410.